The van der Waals surface area contributed by atoms with Crippen LogP contribution < -0.4 is 16.2 Å². The predicted molar refractivity (Wildman–Crippen MR) is 173 cm³/mol. The van der Waals surface area contributed by atoms with Gasteiger partial charge < -0.3 is 20.1 Å². The van der Waals surface area contributed by atoms with Crippen LogP contribution in [0, 0.1) is 12.7 Å². The summed E-state index contributed by atoms with van der Waals surface area (Å²) in [6.45, 7) is 3.10. The summed E-state index contributed by atoms with van der Waals surface area (Å²) >= 11 is 0. The van der Waals surface area contributed by atoms with Crippen molar-refractivity contribution in [3.05, 3.63) is 118 Å². The molecule has 232 valence electrons. The van der Waals surface area contributed by atoms with E-state index in [1.54, 1.807) is 76.9 Å². The third-order valence-corrected chi connectivity index (χ3v) is 7.65. The van der Waals surface area contributed by atoms with Crippen molar-refractivity contribution in [2.45, 2.75) is 26.4 Å². The number of carbonyl (C=O) groups is 1. The molecule has 0 aliphatic carbocycles. The number of likely N-dealkylation sites (N-methyl/N-ethyl adjacent to an activating group) is 1. The van der Waals surface area contributed by atoms with Crippen molar-refractivity contribution in [1.82, 2.24) is 29.3 Å². The van der Waals surface area contributed by atoms with E-state index in [2.05, 4.69) is 20.6 Å². The van der Waals surface area contributed by atoms with Gasteiger partial charge in [0.1, 0.15) is 24.0 Å². The topological polar surface area (TPSA) is 97.1 Å². The van der Waals surface area contributed by atoms with Gasteiger partial charge in [0, 0.05) is 48.7 Å². The molecule has 5 aromatic rings. The summed E-state index contributed by atoms with van der Waals surface area (Å²) < 4.78 is 31.1. The SMILES string of the molecule is C/C=C(\Nc1cnc(-c2cccc(C(=O)N(C)C)c2)n(Cc2cncc(-n3cc(C)c4cc(F)ccc43)c2)c1=O)[C@H](CF)NC. The summed E-state index contributed by atoms with van der Waals surface area (Å²) in [6.07, 6.45) is 8.42. The molecule has 9 nitrogen and oxygen atoms in total. The van der Waals surface area contributed by atoms with Crippen molar-refractivity contribution >= 4 is 22.5 Å². The molecular weight excluding hydrogens is 576 g/mol. The van der Waals surface area contributed by atoms with Crippen LogP contribution in [-0.2, 0) is 6.54 Å². The standard InChI is InChI=1S/C34H35F2N7O2/c1-6-28(29(15-35)37-3)40-30-18-39-32(23-8-7-9-24(13-23)33(44)41(4)5)43(34(30)45)20-22-12-26(17-38-16-22)42-19-21(2)27-14-25(36)10-11-31(27)42/h6-14,16-19,29,37,40H,15,20H2,1-5H3/b28-6-/t29-/m0/s1. The summed E-state index contributed by atoms with van der Waals surface area (Å²) in [5.74, 6) is -0.148. The second-order valence-corrected chi connectivity index (χ2v) is 10.9. The van der Waals surface area contributed by atoms with E-state index in [9.17, 15) is 18.4 Å². The number of nitrogens with zero attached hydrogens (tertiary/aromatic N) is 5. The zero-order valence-electron chi connectivity index (χ0n) is 25.8. The molecule has 0 spiro atoms. The Morgan fingerprint density at radius 3 is 2.62 bits per heavy atom. The Labute approximate surface area is 259 Å². The second-order valence-electron chi connectivity index (χ2n) is 10.9. The van der Waals surface area contributed by atoms with Gasteiger partial charge in [0.15, 0.2) is 0 Å². The number of halogens is 2. The first-order chi connectivity index (χ1) is 21.6. The number of alkyl halides is 1. The van der Waals surface area contributed by atoms with E-state index >= 15 is 0 Å². The number of nitrogens with one attached hydrogen (secondary N) is 2. The fraction of sp³-hybridized carbons (Fsp3) is 0.235. The average Bonchev–Trinajstić information content (AvgIpc) is 3.37. The average molecular weight is 612 g/mol. The van der Waals surface area contributed by atoms with Crippen LogP contribution in [0.2, 0.25) is 0 Å². The van der Waals surface area contributed by atoms with Gasteiger partial charge in [-0.05, 0) is 68.4 Å². The molecule has 5 rings (SSSR count). The Morgan fingerprint density at radius 1 is 1.11 bits per heavy atom. The maximum Gasteiger partial charge on any atom is 0.277 e. The van der Waals surface area contributed by atoms with Gasteiger partial charge in [-0.3, -0.25) is 19.1 Å². The molecule has 0 aliphatic heterocycles. The van der Waals surface area contributed by atoms with Crippen molar-refractivity contribution in [3.8, 4) is 17.1 Å². The fourth-order valence-electron chi connectivity index (χ4n) is 5.29. The van der Waals surface area contributed by atoms with Crippen molar-refractivity contribution < 1.29 is 13.6 Å². The molecule has 3 aromatic heterocycles. The molecule has 0 unspecified atom stereocenters. The number of carbonyl (C=O) groups excluding carboxylic acids is 1. The van der Waals surface area contributed by atoms with Crippen LogP contribution in [-0.4, -0.2) is 63.8 Å². The molecule has 11 heteroatoms. The zero-order valence-corrected chi connectivity index (χ0v) is 25.8. The second kappa shape index (κ2) is 13.2. The lowest BCUT2D eigenvalue weighted by Crippen LogP contribution is -2.35. The number of benzene rings is 2. The molecule has 1 atom stereocenters. The lowest BCUT2D eigenvalue weighted by Gasteiger charge is -2.20. The first-order valence-corrected chi connectivity index (χ1v) is 14.4. The molecule has 0 saturated heterocycles. The van der Waals surface area contributed by atoms with Gasteiger partial charge in [0.2, 0.25) is 0 Å². The van der Waals surface area contributed by atoms with Crippen LogP contribution in [0.15, 0.2) is 89.9 Å². The van der Waals surface area contributed by atoms with Crippen LogP contribution >= 0.6 is 0 Å². The number of allylic oxidation sites excluding steroid dienone is 1. The van der Waals surface area contributed by atoms with E-state index in [0.29, 0.717) is 28.2 Å². The quantitative estimate of drug-likeness (QED) is 0.222. The molecule has 0 radical (unpaired) electrons. The van der Waals surface area contributed by atoms with E-state index < -0.39 is 12.7 Å². The summed E-state index contributed by atoms with van der Waals surface area (Å²) in [6, 6.07) is 12.9. The van der Waals surface area contributed by atoms with Crippen LogP contribution in [0.3, 0.4) is 0 Å². The highest BCUT2D eigenvalue weighted by Crippen LogP contribution is 2.26. The first kappa shape index (κ1) is 31.3. The third kappa shape index (κ3) is 6.39. The van der Waals surface area contributed by atoms with E-state index in [1.807, 2.05) is 23.8 Å². The number of aryl methyl sites for hydroxylation is 1. The largest absolute Gasteiger partial charge is 0.352 e. The minimum Gasteiger partial charge on any atom is -0.352 e. The smallest absolute Gasteiger partial charge is 0.277 e. The normalized spacial score (nSPS) is 12.4. The lowest BCUT2D eigenvalue weighted by atomic mass is 10.1. The van der Waals surface area contributed by atoms with Crippen molar-refractivity contribution in [2.24, 2.45) is 0 Å². The number of hydrogen-bond acceptors (Lipinski definition) is 6. The van der Waals surface area contributed by atoms with Gasteiger partial charge in [0.05, 0.1) is 36.2 Å². The van der Waals surface area contributed by atoms with Gasteiger partial charge in [-0.2, -0.15) is 0 Å². The molecule has 0 bridgehead atoms. The molecule has 0 aliphatic rings. The molecule has 45 heavy (non-hydrogen) atoms. The minimum atomic E-state index is -0.672. The predicted octanol–water partition coefficient (Wildman–Crippen LogP) is 5.32. The van der Waals surface area contributed by atoms with Gasteiger partial charge in [-0.15, -0.1) is 0 Å². The highest BCUT2D eigenvalue weighted by atomic mass is 19.1. The number of hydrogen-bond donors (Lipinski definition) is 2. The monoisotopic (exact) mass is 611 g/mol. The van der Waals surface area contributed by atoms with E-state index in [1.165, 1.54) is 27.8 Å². The van der Waals surface area contributed by atoms with Gasteiger partial charge in [-0.25, -0.2) is 13.8 Å². The number of pyridine rings is 1. The van der Waals surface area contributed by atoms with Crippen LogP contribution in [0.4, 0.5) is 14.5 Å². The number of aromatic nitrogens is 4. The van der Waals surface area contributed by atoms with E-state index in [-0.39, 0.29) is 29.5 Å². The number of amides is 1. The van der Waals surface area contributed by atoms with Crippen molar-refractivity contribution in [2.75, 3.05) is 33.1 Å². The minimum absolute atomic E-state index is 0.0972. The Bertz CT molecular complexity index is 1960. The Hall–Kier alpha value is -5.16. The molecular formula is C34H35F2N7O2. The summed E-state index contributed by atoms with van der Waals surface area (Å²) in [5.41, 5.74) is 4.48. The van der Waals surface area contributed by atoms with E-state index in [0.717, 1.165) is 22.2 Å². The zero-order chi connectivity index (χ0) is 32.2. The Balaban J connectivity index is 1.62. The summed E-state index contributed by atoms with van der Waals surface area (Å²) in [7, 11) is 4.98. The summed E-state index contributed by atoms with van der Waals surface area (Å²) in [5, 5.41) is 6.75. The van der Waals surface area contributed by atoms with Gasteiger partial charge in [-0.1, -0.05) is 18.2 Å². The Kier molecular flexibility index (Phi) is 9.19. The molecule has 3 heterocycles. The molecule has 0 saturated carbocycles. The number of rotatable bonds is 10. The van der Waals surface area contributed by atoms with Gasteiger partial charge in [0.25, 0.3) is 11.5 Å². The van der Waals surface area contributed by atoms with Crippen LogP contribution in [0.25, 0.3) is 28.0 Å². The molecule has 2 N–H and O–H groups in total. The maximum atomic E-state index is 14.1. The Morgan fingerprint density at radius 2 is 1.91 bits per heavy atom. The first-order valence-electron chi connectivity index (χ1n) is 14.4. The fourth-order valence-corrected chi connectivity index (χ4v) is 5.29. The van der Waals surface area contributed by atoms with Gasteiger partial charge >= 0.3 is 0 Å². The third-order valence-electron chi connectivity index (χ3n) is 7.65. The maximum absolute atomic E-state index is 14.1. The van der Waals surface area contributed by atoms with Crippen molar-refractivity contribution in [3.63, 3.8) is 0 Å². The van der Waals surface area contributed by atoms with E-state index in [4.69, 9.17) is 0 Å². The highest BCUT2D eigenvalue weighted by Gasteiger charge is 2.19. The van der Waals surface area contributed by atoms with Crippen molar-refractivity contribution in [1.29, 1.82) is 0 Å². The molecule has 0 fully saturated rings. The molecule has 1 amide bonds. The highest BCUT2D eigenvalue weighted by molar-refractivity contribution is 5.95. The van der Waals surface area contributed by atoms with Crippen LogP contribution in [0.1, 0.15) is 28.4 Å². The van der Waals surface area contributed by atoms with Crippen LogP contribution in [0.5, 0.6) is 0 Å². The molecule has 2 aromatic carbocycles. The lowest BCUT2D eigenvalue weighted by molar-refractivity contribution is 0.0827. The number of anilines is 1. The number of fused-ring (bicyclic) bond motifs is 1. The summed E-state index contributed by atoms with van der Waals surface area (Å²) in [4.78, 5) is 37.4.